The average molecular weight is 291 g/mol. The third-order valence-corrected chi connectivity index (χ3v) is 4.99. The lowest BCUT2D eigenvalue weighted by atomic mass is 10.0. The number of nitrogens with one attached hydrogen (secondary N) is 2. The summed E-state index contributed by atoms with van der Waals surface area (Å²) in [6, 6.07) is 7.08. The first-order valence-corrected chi connectivity index (χ1v) is 8.44. The molecule has 21 heavy (non-hydrogen) atoms. The van der Waals surface area contributed by atoms with Crippen molar-refractivity contribution in [1.82, 2.24) is 4.98 Å². The molecule has 3 atom stereocenters. The molecule has 0 aromatic carbocycles. The SMILES string of the molecule is C[C@@H]1C[NH+](C2CC[NH+](Cc3ccccn3)CC2)C[C@H](C)O1. The summed E-state index contributed by atoms with van der Waals surface area (Å²) < 4.78 is 5.87. The quantitative estimate of drug-likeness (QED) is 0.773. The maximum absolute atomic E-state index is 5.87. The maximum Gasteiger partial charge on any atom is 0.120 e. The van der Waals surface area contributed by atoms with E-state index >= 15 is 0 Å². The van der Waals surface area contributed by atoms with E-state index in [1.807, 2.05) is 12.3 Å². The highest BCUT2D eigenvalue weighted by atomic mass is 16.5. The van der Waals surface area contributed by atoms with Gasteiger partial charge in [0.2, 0.25) is 0 Å². The normalized spacial score (nSPS) is 37.3. The third-order valence-electron chi connectivity index (χ3n) is 4.99. The summed E-state index contributed by atoms with van der Waals surface area (Å²) in [6.45, 7) is 10.5. The summed E-state index contributed by atoms with van der Waals surface area (Å²) in [7, 11) is 0. The minimum Gasteiger partial charge on any atom is -0.364 e. The van der Waals surface area contributed by atoms with Crippen molar-refractivity contribution in [2.45, 2.75) is 51.5 Å². The smallest absolute Gasteiger partial charge is 0.120 e. The number of hydrogen-bond donors (Lipinski definition) is 2. The highest BCUT2D eigenvalue weighted by Crippen LogP contribution is 2.03. The van der Waals surface area contributed by atoms with Gasteiger partial charge < -0.3 is 14.5 Å². The van der Waals surface area contributed by atoms with Gasteiger partial charge in [0.15, 0.2) is 0 Å². The largest absolute Gasteiger partial charge is 0.364 e. The second kappa shape index (κ2) is 6.86. The number of pyridine rings is 1. The topological polar surface area (TPSA) is 31.0 Å². The highest BCUT2D eigenvalue weighted by molar-refractivity contribution is 5.01. The Hall–Kier alpha value is -0.970. The predicted molar refractivity (Wildman–Crippen MR) is 82.4 cm³/mol. The van der Waals surface area contributed by atoms with Crippen molar-refractivity contribution in [2.75, 3.05) is 26.2 Å². The van der Waals surface area contributed by atoms with Gasteiger partial charge in [-0.25, -0.2) is 0 Å². The molecular weight excluding hydrogens is 262 g/mol. The van der Waals surface area contributed by atoms with Gasteiger partial charge in [0.25, 0.3) is 0 Å². The Balaban J connectivity index is 1.48. The Labute approximate surface area is 128 Å². The standard InChI is InChI=1S/C17H27N3O/c1-14-11-20(12-15(2)21-14)17-6-9-19(10-7-17)13-16-5-3-4-8-18-16/h3-5,8,14-15,17H,6-7,9-13H2,1-2H3/p+2/t14-,15+. The van der Waals surface area contributed by atoms with E-state index in [1.54, 1.807) is 9.80 Å². The molecule has 1 unspecified atom stereocenters. The zero-order chi connectivity index (χ0) is 14.7. The van der Waals surface area contributed by atoms with Crippen LogP contribution in [0.15, 0.2) is 24.4 Å². The van der Waals surface area contributed by atoms with Gasteiger partial charge in [0, 0.05) is 19.0 Å². The van der Waals surface area contributed by atoms with E-state index in [9.17, 15) is 0 Å². The van der Waals surface area contributed by atoms with Crippen molar-refractivity contribution in [3.63, 3.8) is 0 Å². The number of hydrogen-bond acceptors (Lipinski definition) is 2. The molecule has 0 bridgehead atoms. The number of nitrogens with zero attached hydrogens (tertiary/aromatic N) is 1. The fourth-order valence-electron chi connectivity index (χ4n) is 4.02. The number of quaternary nitrogens is 2. The molecule has 4 heteroatoms. The van der Waals surface area contributed by atoms with Gasteiger partial charge in [-0.2, -0.15) is 0 Å². The van der Waals surface area contributed by atoms with Crippen LogP contribution in [0.25, 0.3) is 0 Å². The lowest BCUT2D eigenvalue weighted by molar-refractivity contribution is -0.970. The van der Waals surface area contributed by atoms with E-state index in [-0.39, 0.29) is 0 Å². The zero-order valence-corrected chi connectivity index (χ0v) is 13.3. The van der Waals surface area contributed by atoms with Crippen molar-refractivity contribution in [1.29, 1.82) is 0 Å². The number of ether oxygens (including phenoxy) is 1. The number of morpholine rings is 1. The van der Waals surface area contributed by atoms with Crippen LogP contribution in [0.4, 0.5) is 0 Å². The zero-order valence-electron chi connectivity index (χ0n) is 13.3. The Kier molecular flexibility index (Phi) is 4.88. The van der Waals surface area contributed by atoms with Crippen LogP contribution < -0.4 is 9.80 Å². The molecule has 3 heterocycles. The summed E-state index contributed by atoms with van der Waals surface area (Å²) in [5, 5.41) is 0. The lowest BCUT2D eigenvalue weighted by Gasteiger charge is -2.39. The Morgan fingerprint density at radius 2 is 1.86 bits per heavy atom. The molecule has 2 aliphatic heterocycles. The van der Waals surface area contributed by atoms with Crippen LogP contribution in [0.3, 0.4) is 0 Å². The molecule has 1 aromatic heterocycles. The van der Waals surface area contributed by atoms with Crippen LogP contribution in [0.1, 0.15) is 32.4 Å². The predicted octanol–water partition coefficient (Wildman–Crippen LogP) is -0.679. The molecule has 0 aliphatic carbocycles. The molecule has 4 nitrogen and oxygen atoms in total. The van der Waals surface area contributed by atoms with Crippen molar-refractivity contribution >= 4 is 0 Å². The van der Waals surface area contributed by atoms with Crippen molar-refractivity contribution < 1.29 is 14.5 Å². The average Bonchev–Trinajstić information content (AvgIpc) is 2.48. The first-order chi connectivity index (χ1) is 10.2. The lowest BCUT2D eigenvalue weighted by Crippen LogP contribution is -3.22. The Morgan fingerprint density at radius 1 is 1.14 bits per heavy atom. The van der Waals surface area contributed by atoms with Crippen molar-refractivity contribution in [3.05, 3.63) is 30.1 Å². The van der Waals surface area contributed by atoms with Crippen molar-refractivity contribution in [3.8, 4) is 0 Å². The molecule has 3 rings (SSSR count). The van der Waals surface area contributed by atoms with E-state index in [4.69, 9.17) is 4.74 Å². The second-order valence-electron chi connectivity index (χ2n) is 6.85. The minimum absolute atomic E-state index is 0.419. The first kappa shape index (κ1) is 14.9. The second-order valence-corrected chi connectivity index (χ2v) is 6.85. The van der Waals surface area contributed by atoms with Gasteiger partial charge in [-0.3, -0.25) is 4.98 Å². The number of rotatable bonds is 3. The highest BCUT2D eigenvalue weighted by Gasteiger charge is 2.35. The van der Waals surface area contributed by atoms with E-state index in [2.05, 4.69) is 31.0 Å². The van der Waals surface area contributed by atoms with E-state index < -0.39 is 0 Å². The number of aromatic nitrogens is 1. The summed E-state index contributed by atoms with van der Waals surface area (Å²) in [6.07, 6.45) is 5.43. The van der Waals surface area contributed by atoms with Gasteiger partial charge >= 0.3 is 0 Å². The third kappa shape index (κ3) is 4.02. The van der Waals surface area contributed by atoms with Crippen LogP contribution >= 0.6 is 0 Å². The minimum atomic E-state index is 0.419. The van der Waals surface area contributed by atoms with E-state index in [0.717, 1.165) is 12.6 Å². The molecule has 2 N–H and O–H groups in total. The molecular formula is C17H29N3O+2. The first-order valence-electron chi connectivity index (χ1n) is 8.44. The summed E-state index contributed by atoms with van der Waals surface area (Å²) in [4.78, 5) is 7.93. The van der Waals surface area contributed by atoms with Crippen LogP contribution in [-0.4, -0.2) is 49.4 Å². The van der Waals surface area contributed by atoms with Gasteiger partial charge in [-0.15, -0.1) is 0 Å². The van der Waals surface area contributed by atoms with Crippen LogP contribution in [-0.2, 0) is 11.3 Å². The monoisotopic (exact) mass is 291 g/mol. The summed E-state index contributed by atoms with van der Waals surface area (Å²) >= 11 is 0. The fourth-order valence-corrected chi connectivity index (χ4v) is 4.02. The molecule has 116 valence electrons. The Morgan fingerprint density at radius 3 is 2.48 bits per heavy atom. The molecule has 0 spiro atoms. The molecule has 2 fully saturated rings. The van der Waals surface area contributed by atoms with Gasteiger partial charge in [-0.05, 0) is 26.0 Å². The summed E-state index contributed by atoms with van der Waals surface area (Å²) in [5.41, 5.74) is 1.23. The van der Waals surface area contributed by atoms with Crippen LogP contribution in [0.5, 0.6) is 0 Å². The van der Waals surface area contributed by atoms with E-state index in [1.165, 1.54) is 44.7 Å². The van der Waals surface area contributed by atoms with Gasteiger partial charge in [-0.1, -0.05) is 6.07 Å². The Bertz CT molecular complexity index is 421. The molecule has 0 radical (unpaired) electrons. The maximum atomic E-state index is 5.87. The number of likely N-dealkylation sites (tertiary alicyclic amines) is 1. The van der Waals surface area contributed by atoms with Crippen LogP contribution in [0, 0.1) is 0 Å². The molecule has 2 saturated heterocycles. The van der Waals surface area contributed by atoms with Gasteiger partial charge in [0.05, 0.1) is 24.8 Å². The number of piperidine rings is 1. The van der Waals surface area contributed by atoms with Crippen molar-refractivity contribution in [2.24, 2.45) is 0 Å². The van der Waals surface area contributed by atoms with Crippen LogP contribution in [0.2, 0.25) is 0 Å². The molecule has 0 saturated carbocycles. The van der Waals surface area contributed by atoms with E-state index in [0.29, 0.717) is 12.2 Å². The molecule has 1 aromatic rings. The molecule has 2 aliphatic rings. The van der Waals surface area contributed by atoms with Gasteiger partial charge in [0.1, 0.15) is 31.8 Å². The fraction of sp³-hybridized carbons (Fsp3) is 0.706. The summed E-state index contributed by atoms with van der Waals surface area (Å²) in [5.74, 6) is 0. The molecule has 0 amide bonds.